The predicted octanol–water partition coefficient (Wildman–Crippen LogP) is -1.72. The zero-order valence-corrected chi connectivity index (χ0v) is 8.14. The minimum absolute atomic E-state index is 0.0581. The van der Waals surface area contributed by atoms with Crippen molar-refractivity contribution in [3.05, 3.63) is 10.5 Å². The van der Waals surface area contributed by atoms with Gasteiger partial charge in [-0.2, -0.15) is 9.97 Å². The molecular formula is C7H13N5O2. The maximum absolute atomic E-state index is 11.3. The Morgan fingerprint density at radius 1 is 1.50 bits per heavy atom. The van der Waals surface area contributed by atoms with Gasteiger partial charge in [0.15, 0.2) is 0 Å². The van der Waals surface area contributed by atoms with Crippen molar-refractivity contribution >= 4 is 11.9 Å². The van der Waals surface area contributed by atoms with Crippen molar-refractivity contribution in [2.75, 3.05) is 31.3 Å². The van der Waals surface area contributed by atoms with E-state index in [0.717, 1.165) is 4.57 Å². The Kier molecular flexibility index (Phi) is 3.03. The van der Waals surface area contributed by atoms with Gasteiger partial charge in [-0.25, -0.2) is 4.79 Å². The van der Waals surface area contributed by atoms with Crippen molar-refractivity contribution in [1.82, 2.24) is 14.5 Å². The van der Waals surface area contributed by atoms with E-state index >= 15 is 0 Å². The minimum Gasteiger partial charge on any atom is -0.395 e. The fraction of sp³-hybridized carbons (Fsp3) is 0.571. The number of nitrogen functional groups attached to an aromatic ring is 1. The van der Waals surface area contributed by atoms with E-state index in [2.05, 4.69) is 9.97 Å². The van der Waals surface area contributed by atoms with Gasteiger partial charge in [0.1, 0.15) is 0 Å². The van der Waals surface area contributed by atoms with Crippen molar-refractivity contribution in [2.24, 2.45) is 0 Å². The number of rotatable bonds is 3. The summed E-state index contributed by atoms with van der Waals surface area (Å²) in [4.78, 5) is 20.5. The fourth-order valence-electron chi connectivity index (χ4n) is 0.942. The molecular weight excluding hydrogens is 186 g/mol. The standard InChI is InChI=1S/C7H13N5O2/c1-11(2)6-9-5(8)12(3-4-13)7(14)10-6/h13H,3-4H2,1-2H3,(H2,8,9,10,14). The smallest absolute Gasteiger partial charge is 0.353 e. The average molecular weight is 199 g/mol. The summed E-state index contributed by atoms with van der Waals surface area (Å²) in [6, 6.07) is 0. The number of hydrogen-bond acceptors (Lipinski definition) is 6. The third kappa shape index (κ3) is 1.99. The van der Waals surface area contributed by atoms with E-state index in [1.807, 2.05) is 0 Å². The molecule has 0 spiro atoms. The number of aromatic nitrogens is 3. The lowest BCUT2D eigenvalue weighted by Crippen LogP contribution is -2.30. The van der Waals surface area contributed by atoms with E-state index < -0.39 is 5.69 Å². The molecule has 0 atom stereocenters. The van der Waals surface area contributed by atoms with Crippen LogP contribution < -0.4 is 16.3 Å². The largest absolute Gasteiger partial charge is 0.395 e. The van der Waals surface area contributed by atoms with E-state index in [1.54, 1.807) is 19.0 Å². The number of anilines is 2. The molecule has 0 radical (unpaired) electrons. The lowest BCUT2D eigenvalue weighted by Gasteiger charge is -2.12. The Bertz CT molecular complexity index is 373. The molecule has 1 aromatic rings. The Morgan fingerprint density at radius 2 is 2.14 bits per heavy atom. The summed E-state index contributed by atoms with van der Waals surface area (Å²) in [7, 11) is 3.43. The predicted molar refractivity (Wildman–Crippen MR) is 52.1 cm³/mol. The Labute approximate surface area is 80.8 Å². The van der Waals surface area contributed by atoms with Crippen LogP contribution in [0.2, 0.25) is 0 Å². The third-order valence-electron chi connectivity index (χ3n) is 1.64. The molecule has 0 fully saturated rings. The first-order valence-electron chi connectivity index (χ1n) is 4.08. The number of nitrogens with two attached hydrogens (primary N) is 1. The third-order valence-corrected chi connectivity index (χ3v) is 1.64. The molecule has 0 amide bonds. The van der Waals surface area contributed by atoms with Gasteiger partial charge in [0, 0.05) is 14.1 Å². The summed E-state index contributed by atoms with van der Waals surface area (Å²) in [5.74, 6) is 0.324. The van der Waals surface area contributed by atoms with Gasteiger partial charge in [0.25, 0.3) is 0 Å². The topological polar surface area (TPSA) is 97.3 Å². The van der Waals surface area contributed by atoms with E-state index in [-0.39, 0.29) is 25.0 Å². The molecule has 0 aliphatic heterocycles. The number of aliphatic hydroxyl groups is 1. The highest BCUT2D eigenvalue weighted by Gasteiger charge is 2.07. The Hall–Kier alpha value is -1.63. The van der Waals surface area contributed by atoms with Crippen molar-refractivity contribution in [1.29, 1.82) is 0 Å². The molecule has 0 aromatic carbocycles. The molecule has 0 bridgehead atoms. The molecule has 0 aliphatic rings. The van der Waals surface area contributed by atoms with Crippen molar-refractivity contribution < 1.29 is 5.11 Å². The van der Waals surface area contributed by atoms with E-state index in [9.17, 15) is 4.79 Å². The average Bonchev–Trinajstić information content (AvgIpc) is 2.10. The molecule has 1 rings (SSSR count). The van der Waals surface area contributed by atoms with E-state index in [4.69, 9.17) is 10.8 Å². The molecule has 78 valence electrons. The highest BCUT2D eigenvalue weighted by atomic mass is 16.3. The summed E-state index contributed by atoms with van der Waals surface area (Å²) in [5.41, 5.74) is 5.02. The van der Waals surface area contributed by atoms with Gasteiger partial charge in [-0.1, -0.05) is 0 Å². The summed E-state index contributed by atoms with van der Waals surface area (Å²) in [6.45, 7) is -0.0623. The second-order valence-corrected chi connectivity index (χ2v) is 2.93. The summed E-state index contributed by atoms with van der Waals surface area (Å²) >= 11 is 0. The van der Waals surface area contributed by atoms with Crippen molar-refractivity contribution in [3.8, 4) is 0 Å². The van der Waals surface area contributed by atoms with Crippen LogP contribution in [0.25, 0.3) is 0 Å². The first-order chi connectivity index (χ1) is 6.56. The molecule has 0 unspecified atom stereocenters. The van der Waals surface area contributed by atoms with Crippen LogP contribution in [0.15, 0.2) is 4.79 Å². The summed E-state index contributed by atoms with van der Waals surface area (Å²) in [5, 5.41) is 8.67. The van der Waals surface area contributed by atoms with Crippen molar-refractivity contribution in [3.63, 3.8) is 0 Å². The lowest BCUT2D eigenvalue weighted by atomic mass is 10.6. The van der Waals surface area contributed by atoms with Gasteiger partial charge in [0.2, 0.25) is 11.9 Å². The lowest BCUT2D eigenvalue weighted by molar-refractivity contribution is 0.273. The molecule has 1 heterocycles. The molecule has 1 aromatic heterocycles. The summed E-state index contributed by atoms with van der Waals surface area (Å²) in [6.07, 6.45) is 0. The molecule has 0 saturated heterocycles. The van der Waals surface area contributed by atoms with Gasteiger partial charge in [-0.3, -0.25) is 4.57 Å². The zero-order chi connectivity index (χ0) is 10.7. The van der Waals surface area contributed by atoms with Crippen molar-refractivity contribution in [2.45, 2.75) is 6.54 Å². The molecule has 7 heteroatoms. The fourth-order valence-corrected chi connectivity index (χ4v) is 0.942. The molecule has 0 saturated carbocycles. The van der Waals surface area contributed by atoms with Crippen LogP contribution in [-0.2, 0) is 6.54 Å². The highest BCUT2D eigenvalue weighted by molar-refractivity contribution is 5.31. The maximum Gasteiger partial charge on any atom is 0.353 e. The Balaban J connectivity index is 3.18. The van der Waals surface area contributed by atoms with E-state index in [0.29, 0.717) is 0 Å². The second kappa shape index (κ2) is 4.05. The van der Waals surface area contributed by atoms with E-state index in [1.165, 1.54) is 0 Å². The maximum atomic E-state index is 11.3. The van der Waals surface area contributed by atoms with Gasteiger partial charge >= 0.3 is 5.69 Å². The van der Waals surface area contributed by atoms with Gasteiger partial charge in [-0.15, -0.1) is 0 Å². The molecule has 14 heavy (non-hydrogen) atoms. The highest BCUT2D eigenvalue weighted by Crippen LogP contribution is 2.01. The number of hydrogen-bond donors (Lipinski definition) is 2. The minimum atomic E-state index is -0.504. The molecule has 7 nitrogen and oxygen atoms in total. The quantitative estimate of drug-likeness (QED) is 0.601. The molecule has 3 N–H and O–H groups in total. The van der Waals surface area contributed by atoms with Gasteiger partial charge in [0.05, 0.1) is 13.2 Å². The Morgan fingerprint density at radius 3 is 2.57 bits per heavy atom. The van der Waals surface area contributed by atoms with Crippen LogP contribution in [-0.4, -0.2) is 40.3 Å². The second-order valence-electron chi connectivity index (χ2n) is 2.93. The van der Waals surface area contributed by atoms with Crippen LogP contribution >= 0.6 is 0 Å². The zero-order valence-electron chi connectivity index (χ0n) is 8.14. The molecule has 0 aliphatic carbocycles. The van der Waals surface area contributed by atoms with Crippen LogP contribution in [0.5, 0.6) is 0 Å². The van der Waals surface area contributed by atoms with Crippen LogP contribution in [0.1, 0.15) is 0 Å². The monoisotopic (exact) mass is 199 g/mol. The van der Waals surface area contributed by atoms with Crippen LogP contribution in [0.3, 0.4) is 0 Å². The van der Waals surface area contributed by atoms with Gasteiger partial charge < -0.3 is 15.7 Å². The van der Waals surface area contributed by atoms with Crippen LogP contribution in [0, 0.1) is 0 Å². The van der Waals surface area contributed by atoms with Crippen LogP contribution in [0.4, 0.5) is 11.9 Å². The van der Waals surface area contributed by atoms with Gasteiger partial charge in [-0.05, 0) is 0 Å². The first kappa shape index (κ1) is 10.5. The normalized spacial score (nSPS) is 10.2. The number of aliphatic hydroxyl groups excluding tert-OH is 1. The SMILES string of the molecule is CN(C)c1nc(N)n(CCO)c(=O)n1. The number of nitrogens with zero attached hydrogens (tertiary/aromatic N) is 4. The first-order valence-corrected chi connectivity index (χ1v) is 4.08. The summed E-state index contributed by atoms with van der Waals surface area (Å²) < 4.78 is 1.12.